The van der Waals surface area contributed by atoms with Crippen molar-refractivity contribution in [2.75, 3.05) is 12.4 Å². The van der Waals surface area contributed by atoms with Crippen LogP contribution in [0.4, 0.5) is 5.69 Å². The van der Waals surface area contributed by atoms with Crippen LogP contribution in [0.5, 0.6) is 5.75 Å². The van der Waals surface area contributed by atoms with E-state index in [1.54, 1.807) is 7.11 Å². The molecule has 1 unspecified atom stereocenters. The number of benzene rings is 3. The quantitative estimate of drug-likeness (QED) is 0.644. The van der Waals surface area contributed by atoms with E-state index in [4.69, 9.17) is 4.74 Å². The highest BCUT2D eigenvalue weighted by Gasteiger charge is 2.39. The van der Waals surface area contributed by atoms with Crippen molar-refractivity contribution in [1.29, 1.82) is 0 Å². The zero-order valence-electron chi connectivity index (χ0n) is 15.2. The van der Waals surface area contributed by atoms with E-state index >= 15 is 0 Å². The molecule has 3 aromatic carbocycles. The first-order valence-corrected chi connectivity index (χ1v) is 8.92. The molecule has 3 nitrogen and oxygen atoms in total. The van der Waals surface area contributed by atoms with Crippen LogP contribution in [-0.4, -0.2) is 18.3 Å². The summed E-state index contributed by atoms with van der Waals surface area (Å²) in [6.45, 7) is 2.08. The molecule has 0 amide bonds. The normalized spacial score (nSPS) is 12.4. The van der Waals surface area contributed by atoms with E-state index in [9.17, 15) is 5.11 Å². The van der Waals surface area contributed by atoms with Gasteiger partial charge in [-0.2, -0.15) is 0 Å². The van der Waals surface area contributed by atoms with Crippen molar-refractivity contribution in [3.63, 3.8) is 0 Å². The van der Waals surface area contributed by atoms with E-state index < -0.39 is 5.60 Å². The first-order chi connectivity index (χ1) is 12.7. The van der Waals surface area contributed by atoms with Crippen LogP contribution in [0.15, 0.2) is 84.9 Å². The van der Waals surface area contributed by atoms with E-state index in [2.05, 4.69) is 12.2 Å². The Balaban J connectivity index is 2.01. The molecule has 26 heavy (non-hydrogen) atoms. The molecule has 134 valence electrons. The van der Waals surface area contributed by atoms with Gasteiger partial charge >= 0.3 is 0 Å². The van der Waals surface area contributed by atoms with Crippen LogP contribution < -0.4 is 10.1 Å². The number of aliphatic hydroxyl groups is 1. The van der Waals surface area contributed by atoms with Crippen molar-refractivity contribution >= 4 is 5.69 Å². The second-order valence-electron chi connectivity index (χ2n) is 6.33. The lowest BCUT2D eigenvalue weighted by Gasteiger charge is -2.38. The molecule has 0 radical (unpaired) electrons. The van der Waals surface area contributed by atoms with E-state index in [0.29, 0.717) is 0 Å². The summed E-state index contributed by atoms with van der Waals surface area (Å²) in [5.41, 5.74) is 1.55. The fraction of sp³-hybridized carbons (Fsp3) is 0.217. The lowest BCUT2D eigenvalue weighted by Crippen LogP contribution is -2.45. The van der Waals surface area contributed by atoms with Crippen LogP contribution in [0.2, 0.25) is 0 Å². The Morgan fingerprint density at radius 2 is 1.35 bits per heavy atom. The van der Waals surface area contributed by atoms with Crippen molar-refractivity contribution in [3.05, 3.63) is 96.1 Å². The fourth-order valence-electron chi connectivity index (χ4n) is 3.34. The van der Waals surface area contributed by atoms with Crippen molar-refractivity contribution in [1.82, 2.24) is 0 Å². The summed E-state index contributed by atoms with van der Waals surface area (Å²) in [6, 6.07) is 27.3. The molecule has 0 aromatic heterocycles. The van der Waals surface area contributed by atoms with Crippen molar-refractivity contribution in [3.8, 4) is 5.75 Å². The molecule has 0 fully saturated rings. The van der Waals surface area contributed by atoms with Crippen LogP contribution in [0, 0.1) is 0 Å². The topological polar surface area (TPSA) is 41.5 Å². The maximum Gasteiger partial charge on any atom is 0.135 e. The standard InChI is InChI=1S/C23H25NO2/c1-3-22(24-20-14-16-21(26-2)17-15-20)23(25,18-10-6-4-7-11-18)19-12-8-5-9-13-19/h4-17,22,24-25H,3H2,1-2H3. The molecular weight excluding hydrogens is 322 g/mol. The molecule has 0 heterocycles. The van der Waals surface area contributed by atoms with Crippen molar-refractivity contribution in [2.45, 2.75) is 25.0 Å². The Hall–Kier alpha value is -2.78. The monoisotopic (exact) mass is 347 g/mol. The molecule has 0 bridgehead atoms. The number of ether oxygens (including phenoxy) is 1. The molecule has 3 aromatic rings. The van der Waals surface area contributed by atoms with Gasteiger partial charge < -0.3 is 15.2 Å². The second kappa shape index (κ2) is 8.07. The Labute approximate surface area is 155 Å². The Morgan fingerprint density at radius 1 is 0.846 bits per heavy atom. The van der Waals surface area contributed by atoms with Crippen LogP contribution in [0.25, 0.3) is 0 Å². The predicted molar refractivity (Wildman–Crippen MR) is 107 cm³/mol. The lowest BCUT2D eigenvalue weighted by atomic mass is 9.79. The third kappa shape index (κ3) is 3.58. The Kier molecular flexibility index (Phi) is 5.59. The van der Waals surface area contributed by atoms with Crippen molar-refractivity contribution < 1.29 is 9.84 Å². The van der Waals surface area contributed by atoms with Gasteiger partial charge in [0.15, 0.2) is 0 Å². The maximum absolute atomic E-state index is 11.9. The summed E-state index contributed by atoms with van der Waals surface area (Å²) in [5, 5.41) is 15.4. The van der Waals surface area contributed by atoms with Crippen LogP contribution >= 0.6 is 0 Å². The minimum absolute atomic E-state index is 0.194. The minimum atomic E-state index is -1.14. The van der Waals surface area contributed by atoms with Crippen LogP contribution in [-0.2, 0) is 5.60 Å². The summed E-state index contributed by atoms with van der Waals surface area (Å²) >= 11 is 0. The number of anilines is 1. The lowest BCUT2D eigenvalue weighted by molar-refractivity contribution is 0.0576. The van der Waals surface area contributed by atoms with Gasteiger partial charge in [0.2, 0.25) is 0 Å². The first kappa shape index (κ1) is 18.0. The van der Waals surface area contributed by atoms with Crippen molar-refractivity contribution in [2.24, 2.45) is 0 Å². The molecule has 2 N–H and O–H groups in total. The van der Waals surface area contributed by atoms with E-state index in [1.165, 1.54) is 0 Å². The van der Waals surface area contributed by atoms with Gasteiger partial charge in [-0.15, -0.1) is 0 Å². The molecule has 0 saturated carbocycles. The average Bonchev–Trinajstić information content (AvgIpc) is 2.73. The highest BCUT2D eigenvalue weighted by molar-refractivity contribution is 5.50. The first-order valence-electron chi connectivity index (χ1n) is 8.92. The summed E-state index contributed by atoms with van der Waals surface area (Å²) in [4.78, 5) is 0. The molecule has 0 aliphatic rings. The number of hydrogen-bond acceptors (Lipinski definition) is 3. The van der Waals surface area contributed by atoms with Gasteiger partial charge in [0.1, 0.15) is 11.4 Å². The Bertz CT molecular complexity index is 761. The molecule has 3 heteroatoms. The highest BCUT2D eigenvalue weighted by atomic mass is 16.5. The van der Waals surface area contributed by atoms with Gasteiger partial charge in [0.05, 0.1) is 13.2 Å². The molecule has 3 rings (SSSR count). The summed E-state index contributed by atoms with van der Waals surface area (Å²) in [6.07, 6.45) is 0.756. The fourth-order valence-corrected chi connectivity index (χ4v) is 3.34. The number of hydrogen-bond donors (Lipinski definition) is 2. The average molecular weight is 347 g/mol. The molecule has 1 atom stereocenters. The van der Waals surface area contributed by atoms with E-state index in [0.717, 1.165) is 29.0 Å². The molecule has 0 aliphatic carbocycles. The largest absolute Gasteiger partial charge is 0.497 e. The zero-order valence-corrected chi connectivity index (χ0v) is 15.2. The van der Waals surface area contributed by atoms with Gasteiger partial charge in [0, 0.05) is 5.69 Å². The molecular formula is C23H25NO2. The third-order valence-electron chi connectivity index (χ3n) is 4.77. The smallest absolute Gasteiger partial charge is 0.135 e. The minimum Gasteiger partial charge on any atom is -0.497 e. The summed E-state index contributed by atoms with van der Waals surface area (Å²) in [5.74, 6) is 0.810. The second-order valence-corrected chi connectivity index (χ2v) is 6.33. The third-order valence-corrected chi connectivity index (χ3v) is 4.77. The highest BCUT2D eigenvalue weighted by Crippen LogP contribution is 2.36. The van der Waals surface area contributed by atoms with Crippen LogP contribution in [0.3, 0.4) is 0 Å². The van der Waals surface area contributed by atoms with E-state index in [-0.39, 0.29) is 6.04 Å². The van der Waals surface area contributed by atoms with Gasteiger partial charge in [-0.25, -0.2) is 0 Å². The Morgan fingerprint density at radius 3 is 1.77 bits per heavy atom. The molecule has 0 spiro atoms. The van der Waals surface area contributed by atoms with E-state index in [1.807, 2.05) is 84.9 Å². The molecule has 0 saturated heterocycles. The number of nitrogens with one attached hydrogen (secondary N) is 1. The maximum atomic E-state index is 11.9. The van der Waals surface area contributed by atoms with Gasteiger partial charge in [-0.3, -0.25) is 0 Å². The predicted octanol–water partition coefficient (Wildman–Crippen LogP) is 4.82. The zero-order chi connectivity index (χ0) is 18.4. The van der Waals surface area contributed by atoms with Gasteiger partial charge in [-0.1, -0.05) is 67.6 Å². The van der Waals surface area contributed by atoms with Gasteiger partial charge in [0.25, 0.3) is 0 Å². The SMILES string of the molecule is CCC(Nc1ccc(OC)cc1)C(O)(c1ccccc1)c1ccccc1. The van der Waals surface area contributed by atoms with Crippen LogP contribution in [0.1, 0.15) is 24.5 Å². The van der Waals surface area contributed by atoms with Gasteiger partial charge in [-0.05, 0) is 41.8 Å². The number of methoxy groups -OCH3 is 1. The summed E-state index contributed by atoms with van der Waals surface area (Å²) < 4.78 is 5.23. The molecule has 0 aliphatic heterocycles. The summed E-state index contributed by atoms with van der Waals surface area (Å²) in [7, 11) is 1.65. The number of rotatable bonds is 7.